The Morgan fingerprint density at radius 1 is 1.09 bits per heavy atom. The molecule has 2 aromatic rings. The highest BCUT2D eigenvalue weighted by atomic mass is 32.2. The third-order valence-corrected chi connectivity index (χ3v) is 6.05. The molecule has 1 unspecified atom stereocenters. The Labute approximate surface area is 188 Å². The van der Waals surface area contributed by atoms with Crippen molar-refractivity contribution in [3.05, 3.63) is 71.5 Å². The van der Waals surface area contributed by atoms with Gasteiger partial charge in [-0.25, -0.2) is 12.8 Å². The van der Waals surface area contributed by atoms with Crippen LogP contribution >= 0.6 is 0 Å². The maximum absolute atomic E-state index is 13.4. The number of hydrogen-bond acceptors (Lipinski definition) is 5. The largest absolute Gasteiger partial charge is 0.383 e. The van der Waals surface area contributed by atoms with Crippen molar-refractivity contribution in [1.29, 1.82) is 0 Å². The molecular weight excluding hydrogens is 437 g/mol. The Morgan fingerprint density at radius 3 is 2.28 bits per heavy atom. The third-order valence-electron chi connectivity index (χ3n) is 4.79. The van der Waals surface area contributed by atoms with Crippen molar-refractivity contribution in [2.75, 3.05) is 40.1 Å². The van der Waals surface area contributed by atoms with Gasteiger partial charge >= 0.3 is 0 Å². The number of likely N-dealkylation sites (N-methyl/N-ethyl adjacent to an activating group) is 1. The summed E-state index contributed by atoms with van der Waals surface area (Å²) in [5, 5.41) is 2.75. The predicted molar refractivity (Wildman–Crippen MR) is 118 cm³/mol. The number of methoxy groups -OCH3 is 1. The number of nitrogens with zero attached hydrogens (tertiary/aromatic N) is 2. The van der Waals surface area contributed by atoms with Crippen molar-refractivity contribution >= 4 is 21.8 Å². The van der Waals surface area contributed by atoms with Crippen LogP contribution in [0.1, 0.15) is 17.2 Å². The Hall–Kier alpha value is -2.82. The average molecular weight is 466 g/mol. The van der Waals surface area contributed by atoms with Crippen LogP contribution in [0.4, 0.5) is 4.39 Å². The third kappa shape index (κ3) is 7.40. The maximum atomic E-state index is 13.4. The minimum Gasteiger partial charge on any atom is -0.383 e. The van der Waals surface area contributed by atoms with E-state index < -0.39 is 40.2 Å². The van der Waals surface area contributed by atoms with Crippen molar-refractivity contribution in [2.45, 2.75) is 12.6 Å². The first-order valence-electron chi connectivity index (χ1n) is 9.90. The summed E-state index contributed by atoms with van der Waals surface area (Å²) in [4.78, 5) is 27.7. The molecule has 32 heavy (non-hydrogen) atoms. The van der Waals surface area contributed by atoms with Crippen LogP contribution in [0.15, 0.2) is 54.6 Å². The number of hydrogen-bond donors (Lipinski definition) is 1. The maximum Gasteiger partial charge on any atom is 0.247 e. The van der Waals surface area contributed by atoms with Gasteiger partial charge in [0.25, 0.3) is 0 Å². The zero-order chi connectivity index (χ0) is 23.7. The summed E-state index contributed by atoms with van der Waals surface area (Å²) in [5.41, 5.74) is 1.15. The van der Waals surface area contributed by atoms with Gasteiger partial charge in [0.1, 0.15) is 11.9 Å². The van der Waals surface area contributed by atoms with Crippen LogP contribution in [0.3, 0.4) is 0 Å². The van der Waals surface area contributed by atoms with E-state index in [1.807, 2.05) is 0 Å². The number of carbonyl (C=O) groups excluding carboxylic acids is 2. The van der Waals surface area contributed by atoms with Crippen molar-refractivity contribution in [1.82, 2.24) is 14.5 Å². The summed E-state index contributed by atoms with van der Waals surface area (Å²) in [7, 11) is -0.822. The molecule has 0 spiro atoms. The van der Waals surface area contributed by atoms with Crippen LogP contribution in [-0.2, 0) is 30.9 Å². The second-order valence-corrected chi connectivity index (χ2v) is 9.35. The molecule has 0 aliphatic rings. The zero-order valence-electron chi connectivity index (χ0n) is 18.3. The summed E-state index contributed by atoms with van der Waals surface area (Å²) in [6.45, 7) is 0.0547. The number of benzene rings is 2. The van der Waals surface area contributed by atoms with Gasteiger partial charge in [-0.2, -0.15) is 4.31 Å². The molecule has 1 atom stereocenters. The smallest absolute Gasteiger partial charge is 0.247 e. The van der Waals surface area contributed by atoms with Gasteiger partial charge in [-0.3, -0.25) is 9.59 Å². The molecule has 0 aromatic heterocycles. The molecule has 8 nitrogen and oxygen atoms in total. The number of rotatable bonds is 11. The van der Waals surface area contributed by atoms with Crippen molar-refractivity contribution < 1.29 is 27.1 Å². The highest BCUT2D eigenvalue weighted by Crippen LogP contribution is 2.24. The van der Waals surface area contributed by atoms with Gasteiger partial charge in [0.15, 0.2) is 0 Å². The lowest BCUT2D eigenvalue weighted by Crippen LogP contribution is -2.47. The van der Waals surface area contributed by atoms with E-state index >= 15 is 0 Å². The predicted octanol–water partition coefficient (Wildman–Crippen LogP) is 1.55. The molecule has 0 saturated heterocycles. The molecule has 2 rings (SSSR count). The first kappa shape index (κ1) is 25.4. The zero-order valence-corrected chi connectivity index (χ0v) is 19.1. The fourth-order valence-corrected chi connectivity index (χ4v) is 3.33. The van der Waals surface area contributed by atoms with E-state index in [-0.39, 0.29) is 19.7 Å². The Bertz CT molecular complexity index is 1000. The molecule has 0 aliphatic heterocycles. The lowest BCUT2D eigenvalue weighted by Gasteiger charge is -2.32. The molecule has 174 valence electrons. The van der Waals surface area contributed by atoms with Crippen LogP contribution in [0, 0.1) is 5.82 Å². The highest BCUT2D eigenvalue weighted by Gasteiger charge is 2.32. The summed E-state index contributed by atoms with van der Waals surface area (Å²) >= 11 is 0. The molecule has 0 bridgehead atoms. The first-order valence-corrected chi connectivity index (χ1v) is 11.7. The molecule has 2 amide bonds. The van der Waals surface area contributed by atoms with E-state index in [1.54, 1.807) is 30.3 Å². The van der Waals surface area contributed by atoms with Gasteiger partial charge in [0.2, 0.25) is 21.8 Å². The van der Waals surface area contributed by atoms with Gasteiger partial charge in [-0.15, -0.1) is 0 Å². The number of halogens is 1. The SMILES string of the molecule is COCCNC(=O)C(c1ccccc1)N(Cc1ccc(F)cc1)C(=O)CN(C)S(C)(=O)=O. The van der Waals surface area contributed by atoms with Crippen molar-refractivity contribution in [3.63, 3.8) is 0 Å². The molecule has 0 heterocycles. The molecule has 1 N–H and O–H groups in total. The van der Waals surface area contributed by atoms with Crippen LogP contribution in [0.25, 0.3) is 0 Å². The lowest BCUT2D eigenvalue weighted by molar-refractivity contribution is -0.141. The Kier molecular flexibility index (Phi) is 9.30. The minimum absolute atomic E-state index is 0.0199. The molecular formula is C22H28FN3O5S. The topological polar surface area (TPSA) is 96.0 Å². The fraction of sp³-hybridized carbons (Fsp3) is 0.364. The molecule has 10 heteroatoms. The average Bonchev–Trinajstić information content (AvgIpc) is 2.75. The van der Waals surface area contributed by atoms with Gasteiger partial charge in [0, 0.05) is 27.2 Å². The minimum atomic E-state index is -3.62. The van der Waals surface area contributed by atoms with Gasteiger partial charge in [-0.1, -0.05) is 42.5 Å². The van der Waals surface area contributed by atoms with Crippen molar-refractivity contribution in [2.24, 2.45) is 0 Å². The number of nitrogens with one attached hydrogen (secondary N) is 1. The summed E-state index contributed by atoms with van der Waals surface area (Å²) < 4.78 is 43.0. The number of ether oxygens (including phenoxy) is 1. The van der Waals surface area contributed by atoms with E-state index in [9.17, 15) is 22.4 Å². The summed E-state index contributed by atoms with van der Waals surface area (Å²) in [6.07, 6.45) is 0.997. The monoisotopic (exact) mass is 465 g/mol. The Balaban J connectivity index is 2.45. The molecule has 0 saturated carbocycles. The van der Waals surface area contributed by atoms with Gasteiger partial charge < -0.3 is 15.0 Å². The summed E-state index contributed by atoms with van der Waals surface area (Å²) in [5.74, 6) is -1.44. The fourth-order valence-electron chi connectivity index (χ4n) is 2.99. The lowest BCUT2D eigenvalue weighted by atomic mass is 10.0. The van der Waals surface area contributed by atoms with E-state index in [4.69, 9.17) is 4.74 Å². The molecule has 0 radical (unpaired) electrons. The molecule has 0 aliphatic carbocycles. The Morgan fingerprint density at radius 2 is 1.72 bits per heavy atom. The normalized spacial score (nSPS) is 12.4. The second kappa shape index (κ2) is 11.7. The standard InChI is InChI=1S/C22H28FN3O5S/c1-25(32(3,29)30)16-20(27)26(15-17-9-11-19(23)12-10-17)21(18-7-5-4-6-8-18)22(28)24-13-14-31-2/h4-12,21H,13-16H2,1-3H3,(H,24,28). The molecule has 2 aromatic carbocycles. The van der Waals surface area contributed by atoms with Crippen molar-refractivity contribution in [3.8, 4) is 0 Å². The number of carbonyl (C=O) groups is 2. The van der Waals surface area contributed by atoms with Crippen LogP contribution < -0.4 is 5.32 Å². The number of amides is 2. The first-order chi connectivity index (χ1) is 15.1. The van der Waals surface area contributed by atoms with Gasteiger partial charge in [-0.05, 0) is 23.3 Å². The van der Waals surface area contributed by atoms with Crippen LogP contribution in [0.5, 0.6) is 0 Å². The van der Waals surface area contributed by atoms with E-state index in [1.165, 1.54) is 43.3 Å². The highest BCUT2D eigenvalue weighted by molar-refractivity contribution is 7.88. The van der Waals surface area contributed by atoms with Crippen LogP contribution in [0.2, 0.25) is 0 Å². The van der Waals surface area contributed by atoms with E-state index in [0.717, 1.165) is 10.6 Å². The number of sulfonamides is 1. The second-order valence-electron chi connectivity index (χ2n) is 7.26. The van der Waals surface area contributed by atoms with Crippen LogP contribution in [-0.4, -0.2) is 69.5 Å². The molecule has 0 fully saturated rings. The van der Waals surface area contributed by atoms with Gasteiger partial charge in [0.05, 0.1) is 19.4 Å². The van der Waals surface area contributed by atoms with E-state index in [2.05, 4.69) is 5.32 Å². The quantitative estimate of drug-likeness (QED) is 0.508. The van der Waals surface area contributed by atoms with E-state index in [0.29, 0.717) is 11.1 Å². The summed E-state index contributed by atoms with van der Waals surface area (Å²) in [6, 6.07) is 13.2.